The van der Waals surface area contributed by atoms with Crippen LogP contribution in [0.1, 0.15) is 6.92 Å². The van der Waals surface area contributed by atoms with Gasteiger partial charge in [0.05, 0.1) is 0 Å². The molecule has 0 aliphatic carbocycles. The average Bonchev–Trinajstić information content (AvgIpc) is 1.35. The Bertz CT molecular complexity index is 101. The molecule has 0 bridgehead atoms. The van der Waals surface area contributed by atoms with Crippen molar-refractivity contribution in [3.63, 3.8) is 0 Å². The fraction of sp³-hybridized carbons (Fsp3) is 0.333. The minimum absolute atomic E-state index is 0.315. The number of rotatable bonds is 1. The Labute approximate surface area is 34.7 Å². The molecule has 0 aliphatic heterocycles. The Morgan fingerprint density at radius 3 is 2.33 bits per heavy atom. The molecule has 0 radical (unpaired) electrons. The van der Waals surface area contributed by atoms with Gasteiger partial charge in [-0.05, 0) is 0 Å². The molecule has 0 saturated carbocycles. The quantitative estimate of drug-likeness (QED) is 0.318. The normalized spacial score (nSPS) is 6.17. The van der Waals surface area contributed by atoms with Crippen molar-refractivity contribution in [3.05, 3.63) is 4.91 Å². The molecule has 0 heterocycles. The molecule has 6 heavy (non-hydrogen) atoms. The van der Waals surface area contributed by atoms with Gasteiger partial charge in [-0.1, -0.05) is 0 Å². The molecule has 0 aliphatic rings. The van der Waals surface area contributed by atoms with Gasteiger partial charge in [-0.3, -0.25) is 4.79 Å². The van der Waals surface area contributed by atoms with Crippen molar-refractivity contribution < 1.29 is 4.79 Å². The maximum Gasteiger partial charge on any atom is 0.403 e. The number of ketones is 1. The van der Waals surface area contributed by atoms with Crippen LogP contribution in [0.4, 0.5) is 0 Å². The molecule has 0 aromatic rings. The van der Waals surface area contributed by atoms with E-state index in [-0.39, 0.29) is 5.78 Å². The van der Waals surface area contributed by atoms with E-state index in [1.54, 1.807) is 0 Å². The Hall–Kier alpha value is -0.950. The van der Waals surface area contributed by atoms with Crippen LogP contribution in [-0.4, -0.2) is 12.0 Å². The standard InChI is InChI=1S/C3H4NO2/c1-3(5)2-4-6/h2H,1H3/q+1. The second-order valence-electron chi connectivity index (χ2n) is 0.845. The summed E-state index contributed by atoms with van der Waals surface area (Å²) in [5, 5.41) is 0. The van der Waals surface area contributed by atoms with Crippen molar-refractivity contribution in [3.8, 4) is 0 Å². The van der Waals surface area contributed by atoms with Crippen molar-refractivity contribution in [2.24, 2.45) is 0 Å². The van der Waals surface area contributed by atoms with E-state index in [1.807, 2.05) is 0 Å². The summed E-state index contributed by atoms with van der Waals surface area (Å²) in [5.41, 5.74) is 0. The lowest BCUT2D eigenvalue weighted by Gasteiger charge is -1.49. The molecule has 0 aromatic heterocycles. The van der Waals surface area contributed by atoms with Gasteiger partial charge >= 0.3 is 6.21 Å². The van der Waals surface area contributed by atoms with E-state index >= 15 is 0 Å². The van der Waals surface area contributed by atoms with E-state index < -0.39 is 0 Å². The Morgan fingerprint density at radius 1 is 1.83 bits per heavy atom. The highest BCUT2D eigenvalue weighted by molar-refractivity contribution is 6.25. The van der Waals surface area contributed by atoms with Crippen LogP contribution in [0.25, 0.3) is 0 Å². The summed E-state index contributed by atoms with van der Waals surface area (Å²) in [5.74, 6) is -0.315. The van der Waals surface area contributed by atoms with Gasteiger partial charge in [-0.15, -0.1) is 0 Å². The highest BCUT2D eigenvalue weighted by Gasteiger charge is 1.89. The average molecular weight is 86.1 g/mol. The first-order valence-corrected chi connectivity index (χ1v) is 1.43. The third-order valence-corrected chi connectivity index (χ3v) is 0.235. The smallest absolute Gasteiger partial charge is 0.287 e. The van der Waals surface area contributed by atoms with Crippen LogP contribution in [0, 0.1) is 4.91 Å². The topological polar surface area (TPSA) is 48.2 Å². The first-order chi connectivity index (χ1) is 2.77. The summed E-state index contributed by atoms with van der Waals surface area (Å²) in [7, 11) is 0. The van der Waals surface area contributed by atoms with Gasteiger partial charge in [0, 0.05) is 6.92 Å². The minimum atomic E-state index is -0.315. The SMILES string of the molecule is CC(=O)C=[N+]=O. The van der Waals surface area contributed by atoms with E-state index in [9.17, 15) is 4.79 Å². The molecular weight excluding hydrogens is 82.0 g/mol. The summed E-state index contributed by atoms with van der Waals surface area (Å²) < 4.78 is 0. The van der Waals surface area contributed by atoms with Gasteiger partial charge in [-0.2, -0.15) is 0 Å². The molecule has 0 amide bonds. The van der Waals surface area contributed by atoms with Gasteiger partial charge in [0.15, 0.2) is 4.91 Å². The van der Waals surface area contributed by atoms with E-state index in [0.29, 0.717) is 0 Å². The van der Waals surface area contributed by atoms with Gasteiger partial charge in [0.2, 0.25) is 10.6 Å². The Balaban J connectivity index is 3.60. The summed E-state index contributed by atoms with van der Waals surface area (Å²) in [6, 6.07) is 0. The Kier molecular flexibility index (Phi) is 1.93. The number of carbonyl (C=O) groups is 1. The Morgan fingerprint density at radius 2 is 2.33 bits per heavy atom. The molecule has 0 saturated heterocycles. The lowest BCUT2D eigenvalue weighted by Crippen LogP contribution is -1.90. The van der Waals surface area contributed by atoms with Crippen LogP contribution >= 0.6 is 0 Å². The molecule has 0 spiro atoms. The fourth-order valence-corrected chi connectivity index (χ4v) is 0.0742. The molecule has 0 fully saturated rings. The summed E-state index contributed by atoms with van der Waals surface area (Å²) in [6.45, 7) is 1.27. The highest BCUT2D eigenvalue weighted by atomic mass is 16.2. The van der Waals surface area contributed by atoms with Gasteiger partial charge < -0.3 is 0 Å². The molecule has 0 atom stereocenters. The first kappa shape index (κ1) is 5.05. The zero-order valence-corrected chi connectivity index (χ0v) is 3.34. The third kappa shape index (κ3) is 3.05. The maximum absolute atomic E-state index is 9.69. The maximum atomic E-state index is 9.69. The van der Waals surface area contributed by atoms with Crippen molar-refractivity contribution in [1.82, 2.24) is 4.85 Å². The second-order valence-corrected chi connectivity index (χ2v) is 0.845. The zero-order chi connectivity index (χ0) is 4.99. The van der Waals surface area contributed by atoms with Crippen molar-refractivity contribution in [2.45, 2.75) is 6.92 Å². The lowest BCUT2D eigenvalue weighted by atomic mass is 10.5. The van der Waals surface area contributed by atoms with E-state index in [2.05, 4.69) is 4.85 Å². The number of Topliss-reactive ketones (excluding diaryl/α,β-unsaturated/α-hetero) is 1. The fourth-order valence-electron chi connectivity index (χ4n) is 0.0742. The first-order valence-electron chi connectivity index (χ1n) is 1.43. The van der Waals surface area contributed by atoms with Crippen molar-refractivity contribution in [2.75, 3.05) is 0 Å². The number of nitroso groups, excluding NO2 is 1. The van der Waals surface area contributed by atoms with Crippen molar-refractivity contribution >= 4 is 12.0 Å². The molecule has 3 heteroatoms. The molecule has 0 unspecified atom stereocenters. The highest BCUT2D eigenvalue weighted by Crippen LogP contribution is 1.48. The van der Waals surface area contributed by atoms with Crippen LogP contribution in [0.15, 0.2) is 0 Å². The molecule has 0 rings (SSSR count). The van der Waals surface area contributed by atoms with Gasteiger partial charge in [0.1, 0.15) is 0 Å². The van der Waals surface area contributed by atoms with Gasteiger partial charge in [-0.25, -0.2) is 0 Å². The molecular formula is C3H4NO2+. The van der Waals surface area contributed by atoms with E-state index in [1.165, 1.54) is 6.92 Å². The van der Waals surface area contributed by atoms with Gasteiger partial charge in [0.25, 0.3) is 0 Å². The molecule has 32 valence electrons. The summed E-state index contributed by atoms with van der Waals surface area (Å²) >= 11 is 0. The molecule has 0 N–H and O–H groups in total. The zero-order valence-electron chi connectivity index (χ0n) is 3.34. The number of hydrogen-bond acceptors (Lipinski definition) is 2. The number of hydrogen-bond donors (Lipinski definition) is 0. The predicted octanol–water partition coefficient (Wildman–Crippen LogP) is -0.520. The van der Waals surface area contributed by atoms with Crippen LogP contribution in [-0.2, 0) is 4.79 Å². The van der Waals surface area contributed by atoms with E-state index in [4.69, 9.17) is 4.91 Å². The largest absolute Gasteiger partial charge is 0.403 e. The van der Waals surface area contributed by atoms with Crippen LogP contribution in [0.5, 0.6) is 0 Å². The number of carbonyl (C=O) groups excluding carboxylic acids is 1. The van der Waals surface area contributed by atoms with Crippen LogP contribution in [0.2, 0.25) is 0 Å². The number of nitrogens with zero attached hydrogens (tertiary/aromatic N) is 1. The third-order valence-electron chi connectivity index (χ3n) is 0.235. The summed E-state index contributed by atoms with van der Waals surface area (Å²) in [4.78, 5) is 21.0. The monoisotopic (exact) mass is 86.0 g/mol. The minimum Gasteiger partial charge on any atom is -0.287 e. The molecule has 3 nitrogen and oxygen atoms in total. The van der Waals surface area contributed by atoms with E-state index in [0.717, 1.165) is 6.21 Å². The molecule has 0 aromatic carbocycles. The summed E-state index contributed by atoms with van der Waals surface area (Å²) in [6.07, 6.45) is 0.722. The van der Waals surface area contributed by atoms with Crippen LogP contribution < -0.4 is 4.85 Å². The lowest BCUT2D eigenvalue weighted by molar-refractivity contribution is -0.110. The second kappa shape index (κ2) is 2.30. The van der Waals surface area contributed by atoms with Crippen LogP contribution in [0.3, 0.4) is 0 Å². The van der Waals surface area contributed by atoms with Crippen molar-refractivity contribution in [1.29, 1.82) is 0 Å². The predicted molar refractivity (Wildman–Crippen MR) is 22.2 cm³/mol.